The highest BCUT2D eigenvalue weighted by Gasteiger charge is 2.10. The summed E-state index contributed by atoms with van der Waals surface area (Å²) in [5.74, 6) is 0.927. The lowest BCUT2D eigenvalue weighted by Gasteiger charge is -2.26. The zero-order valence-electron chi connectivity index (χ0n) is 12.7. The second-order valence-corrected chi connectivity index (χ2v) is 5.69. The number of unbranched alkanes of at least 4 members (excludes halogenated alkanes) is 2. The summed E-state index contributed by atoms with van der Waals surface area (Å²) in [5.41, 5.74) is 4.40. The maximum atomic E-state index is 5.61. The summed E-state index contributed by atoms with van der Waals surface area (Å²) < 4.78 is 0. The van der Waals surface area contributed by atoms with E-state index in [1.54, 1.807) is 0 Å². The molecular weight excluding hydrogens is 248 g/mol. The minimum absolute atomic E-state index is 0.921. The Morgan fingerprint density at radius 3 is 2.80 bits per heavy atom. The van der Waals surface area contributed by atoms with Crippen molar-refractivity contribution in [3.05, 3.63) is 29.8 Å². The average molecular weight is 276 g/mol. The molecule has 20 heavy (non-hydrogen) atoms. The molecule has 1 N–H and O–H groups in total. The fraction of sp³-hybridized carbons (Fsp3) is 0.647. The first-order valence-electron chi connectivity index (χ1n) is 8.09. The largest absolute Gasteiger partial charge is 0.409 e. The molecule has 3 nitrogen and oxygen atoms in total. The highest BCUT2D eigenvalue weighted by Crippen LogP contribution is 2.17. The van der Waals surface area contributed by atoms with Crippen molar-refractivity contribution in [3.8, 4) is 5.75 Å². The molecule has 1 aliphatic rings. The van der Waals surface area contributed by atoms with Crippen molar-refractivity contribution in [2.75, 3.05) is 19.6 Å². The Bertz CT molecular complexity index is 375. The molecule has 2 rings (SSSR count). The Morgan fingerprint density at radius 1 is 1.15 bits per heavy atom. The van der Waals surface area contributed by atoms with Crippen molar-refractivity contribution >= 4 is 0 Å². The van der Waals surface area contributed by atoms with E-state index in [0.29, 0.717) is 0 Å². The van der Waals surface area contributed by atoms with E-state index in [1.165, 1.54) is 57.2 Å². The molecule has 1 aromatic carbocycles. The maximum absolute atomic E-state index is 5.61. The van der Waals surface area contributed by atoms with Crippen LogP contribution in [0.4, 0.5) is 0 Å². The van der Waals surface area contributed by atoms with Gasteiger partial charge in [0.2, 0.25) is 0 Å². The molecule has 1 heterocycles. The number of hydroxylamine groups is 1. The molecule has 1 aliphatic heterocycles. The van der Waals surface area contributed by atoms with Crippen molar-refractivity contribution < 1.29 is 4.84 Å². The van der Waals surface area contributed by atoms with Crippen molar-refractivity contribution in [2.24, 2.45) is 0 Å². The second-order valence-electron chi connectivity index (χ2n) is 5.69. The first-order valence-corrected chi connectivity index (χ1v) is 8.09. The van der Waals surface area contributed by atoms with Crippen molar-refractivity contribution in [2.45, 2.75) is 52.0 Å². The topological polar surface area (TPSA) is 24.5 Å². The van der Waals surface area contributed by atoms with Gasteiger partial charge in [-0.1, -0.05) is 38.3 Å². The SMILES string of the molecule is CCCCCNOc1cccc(CN2CCCCC2)c1. The van der Waals surface area contributed by atoms with Gasteiger partial charge in [-0.25, -0.2) is 0 Å². The Kier molecular flexibility index (Phi) is 6.89. The summed E-state index contributed by atoms with van der Waals surface area (Å²) in [6.07, 6.45) is 7.74. The Labute approximate surface area is 123 Å². The molecule has 112 valence electrons. The first-order chi connectivity index (χ1) is 9.88. The Balaban J connectivity index is 1.75. The van der Waals surface area contributed by atoms with Gasteiger partial charge in [-0.15, -0.1) is 0 Å². The molecule has 0 radical (unpaired) electrons. The number of hydrogen-bond acceptors (Lipinski definition) is 3. The molecule has 0 saturated carbocycles. The minimum atomic E-state index is 0.921. The van der Waals surface area contributed by atoms with Gasteiger partial charge in [0.05, 0.1) is 0 Å². The summed E-state index contributed by atoms with van der Waals surface area (Å²) in [4.78, 5) is 8.15. The number of piperidine rings is 1. The fourth-order valence-corrected chi connectivity index (χ4v) is 2.66. The molecule has 0 unspecified atom stereocenters. The molecule has 0 atom stereocenters. The van der Waals surface area contributed by atoms with Crippen LogP contribution >= 0.6 is 0 Å². The number of nitrogens with zero attached hydrogens (tertiary/aromatic N) is 1. The molecule has 3 heteroatoms. The lowest BCUT2D eigenvalue weighted by Crippen LogP contribution is -2.29. The standard InChI is InChI=1S/C17H28N2O/c1-2-3-5-11-18-20-17-10-8-9-16(14-17)15-19-12-6-4-7-13-19/h8-10,14,18H,2-7,11-13,15H2,1H3. The predicted molar refractivity (Wildman–Crippen MR) is 83.7 cm³/mol. The van der Waals surface area contributed by atoms with E-state index < -0.39 is 0 Å². The second kappa shape index (κ2) is 8.98. The van der Waals surface area contributed by atoms with E-state index in [4.69, 9.17) is 4.84 Å². The predicted octanol–water partition coefficient (Wildman–Crippen LogP) is 3.75. The monoisotopic (exact) mass is 276 g/mol. The lowest BCUT2D eigenvalue weighted by atomic mass is 10.1. The van der Waals surface area contributed by atoms with E-state index >= 15 is 0 Å². The van der Waals surface area contributed by atoms with Gasteiger partial charge in [0, 0.05) is 13.1 Å². The van der Waals surface area contributed by atoms with Gasteiger partial charge < -0.3 is 4.84 Å². The van der Waals surface area contributed by atoms with E-state index in [0.717, 1.165) is 18.8 Å². The van der Waals surface area contributed by atoms with Crippen molar-refractivity contribution in [3.63, 3.8) is 0 Å². The van der Waals surface area contributed by atoms with Crippen LogP contribution in [0.25, 0.3) is 0 Å². The third kappa shape index (κ3) is 5.51. The van der Waals surface area contributed by atoms with Crippen LogP contribution in [0.3, 0.4) is 0 Å². The zero-order valence-corrected chi connectivity index (χ0v) is 12.7. The first kappa shape index (κ1) is 15.3. The van der Waals surface area contributed by atoms with Crippen molar-refractivity contribution in [1.29, 1.82) is 0 Å². The van der Waals surface area contributed by atoms with Gasteiger partial charge in [0.25, 0.3) is 0 Å². The number of hydrogen-bond donors (Lipinski definition) is 1. The molecule has 0 aromatic heterocycles. The number of nitrogens with one attached hydrogen (secondary N) is 1. The van der Waals surface area contributed by atoms with Crippen LogP contribution in [0.2, 0.25) is 0 Å². The van der Waals surface area contributed by atoms with Crippen LogP contribution < -0.4 is 10.3 Å². The molecule has 0 bridgehead atoms. The van der Waals surface area contributed by atoms with E-state index in [-0.39, 0.29) is 0 Å². The summed E-state index contributed by atoms with van der Waals surface area (Å²) >= 11 is 0. The quantitative estimate of drug-likeness (QED) is 0.578. The highest BCUT2D eigenvalue weighted by atomic mass is 16.6. The maximum Gasteiger partial charge on any atom is 0.147 e. The van der Waals surface area contributed by atoms with Gasteiger partial charge in [-0.3, -0.25) is 4.90 Å². The van der Waals surface area contributed by atoms with Crippen LogP contribution in [0.1, 0.15) is 51.0 Å². The number of benzene rings is 1. The van der Waals surface area contributed by atoms with E-state index in [9.17, 15) is 0 Å². The Morgan fingerprint density at radius 2 is 2.00 bits per heavy atom. The Hall–Kier alpha value is -1.06. The number of rotatable bonds is 8. The summed E-state index contributed by atoms with van der Waals surface area (Å²) in [7, 11) is 0. The molecule has 0 spiro atoms. The molecular formula is C17H28N2O. The van der Waals surface area contributed by atoms with Crippen LogP contribution in [0.5, 0.6) is 5.75 Å². The third-order valence-electron chi connectivity index (χ3n) is 3.83. The fourth-order valence-electron chi connectivity index (χ4n) is 2.66. The molecule has 1 fully saturated rings. The lowest BCUT2D eigenvalue weighted by molar-refractivity contribution is 0.192. The van der Waals surface area contributed by atoms with Crippen LogP contribution in [0, 0.1) is 0 Å². The normalized spacial score (nSPS) is 16.2. The van der Waals surface area contributed by atoms with E-state index in [2.05, 4.69) is 35.5 Å². The summed E-state index contributed by atoms with van der Waals surface area (Å²) in [6, 6.07) is 8.45. The van der Waals surface area contributed by atoms with Gasteiger partial charge in [-0.2, -0.15) is 5.48 Å². The van der Waals surface area contributed by atoms with Gasteiger partial charge in [-0.05, 0) is 50.0 Å². The van der Waals surface area contributed by atoms with Gasteiger partial charge >= 0.3 is 0 Å². The molecule has 1 aromatic rings. The molecule has 1 saturated heterocycles. The van der Waals surface area contributed by atoms with Gasteiger partial charge in [0.15, 0.2) is 0 Å². The average Bonchev–Trinajstić information content (AvgIpc) is 2.48. The summed E-state index contributed by atoms with van der Waals surface area (Å²) in [5, 5.41) is 0. The smallest absolute Gasteiger partial charge is 0.147 e. The van der Waals surface area contributed by atoms with Crippen LogP contribution in [-0.4, -0.2) is 24.5 Å². The van der Waals surface area contributed by atoms with Gasteiger partial charge in [0.1, 0.15) is 5.75 Å². The molecule has 0 aliphatic carbocycles. The molecule has 0 amide bonds. The summed E-state index contributed by atoms with van der Waals surface area (Å²) in [6.45, 7) is 6.66. The highest BCUT2D eigenvalue weighted by molar-refractivity contribution is 5.28. The third-order valence-corrected chi connectivity index (χ3v) is 3.83. The number of likely N-dealkylation sites (tertiary alicyclic amines) is 1. The zero-order chi connectivity index (χ0) is 14.0. The van der Waals surface area contributed by atoms with Crippen molar-refractivity contribution in [1.82, 2.24) is 10.4 Å². The minimum Gasteiger partial charge on any atom is -0.409 e. The van der Waals surface area contributed by atoms with E-state index in [1.807, 2.05) is 6.07 Å². The van der Waals surface area contributed by atoms with Crippen LogP contribution in [-0.2, 0) is 6.54 Å². The van der Waals surface area contributed by atoms with Crippen LogP contribution in [0.15, 0.2) is 24.3 Å².